The lowest BCUT2D eigenvalue weighted by atomic mass is 9.95. The first-order chi connectivity index (χ1) is 15.0. The number of nitrogens with one attached hydrogen (secondary N) is 1. The van der Waals surface area contributed by atoms with Gasteiger partial charge in [-0.05, 0) is 37.9 Å². The summed E-state index contributed by atoms with van der Waals surface area (Å²) in [5, 5.41) is 3.73. The number of ether oxygens (including phenoxy) is 2. The summed E-state index contributed by atoms with van der Waals surface area (Å²) in [6.07, 6.45) is 2.81. The van der Waals surface area contributed by atoms with E-state index in [2.05, 4.69) is 15.3 Å². The summed E-state index contributed by atoms with van der Waals surface area (Å²) in [5.74, 6) is 0.695. The number of carbonyl (C=O) groups is 1. The second-order valence-electron chi connectivity index (χ2n) is 8.02. The molecule has 1 aromatic heterocycles. The number of piperidine rings is 1. The lowest BCUT2D eigenvalue weighted by molar-refractivity contribution is -0.132. The van der Waals surface area contributed by atoms with Gasteiger partial charge < -0.3 is 30.3 Å². The van der Waals surface area contributed by atoms with Crippen LogP contribution in [0, 0.1) is 11.7 Å². The van der Waals surface area contributed by atoms with E-state index in [1.807, 2.05) is 9.80 Å². The number of nitrogen functional groups attached to an aromatic ring is 1. The van der Waals surface area contributed by atoms with Gasteiger partial charge in [-0.3, -0.25) is 4.79 Å². The van der Waals surface area contributed by atoms with E-state index in [0.717, 1.165) is 25.9 Å². The van der Waals surface area contributed by atoms with Gasteiger partial charge in [0.15, 0.2) is 17.3 Å². The topological polar surface area (TPSA) is 106 Å². The van der Waals surface area contributed by atoms with Crippen molar-refractivity contribution in [3.8, 4) is 11.5 Å². The number of benzene rings is 1. The predicted molar refractivity (Wildman–Crippen MR) is 116 cm³/mol. The third kappa shape index (κ3) is 4.30. The maximum atomic E-state index is 15.0. The number of rotatable bonds is 5. The van der Waals surface area contributed by atoms with Gasteiger partial charge in [-0.15, -0.1) is 0 Å². The van der Waals surface area contributed by atoms with Gasteiger partial charge in [0, 0.05) is 38.0 Å². The van der Waals surface area contributed by atoms with E-state index in [1.54, 1.807) is 6.07 Å². The molecular weight excluding hydrogens is 403 g/mol. The highest BCUT2D eigenvalue weighted by Crippen LogP contribution is 2.37. The molecule has 3 N–H and O–H groups in total. The molecule has 1 amide bonds. The third-order valence-electron chi connectivity index (χ3n) is 6.07. The molecule has 168 valence electrons. The highest BCUT2D eigenvalue weighted by atomic mass is 19.1. The number of amides is 1. The number of hydrogen-bond donors (Lipinski definition) is 2. The van der Waals surface area contributed by atoms with Crippen LogP contribution in [0.15, 0.2) is 6.07 Å². The van der Waals surface area contributed by atoms with Crippen LogP contribution in [0.3, 0.4) is 0 Å². The summed E-state index contributed by atoms with van der Waals surface area (Å²) >= 11 is 0. The number of carbonyl (C=O) groups excluding carboxylic acids is 1. The number of piperazine rings is 1. The normalized spacial score (nSPS) is 19.5. The largest absolute Gasteiger partial charge is 0.493 e. The molecule has 10 heteroatoms. The van der Waals surface area contributed by atoms with E-state index in [9.17, 15) is 4.79 Å². The van der Waals surface area contributed by atoms with Crippen molar-refractivity contribution in [3.63, 3.8) is 0 Å². The van der Waals surface area contributed by atoms with Crippen LogP contribution in [0.2, 0.25) is 0 Å². The predicted octanol–water partition coefficient (Wildman–Crippen LogP) is 1.41. The van der Waals surface area contributed by atoms with Crippen LogP contribution < -0.4 is 25.4 Å². The van der Waals surface area contributed by atoms with Gasteiger partial charge in [0.05, 0.1) is 14.2 Å². The molecule has 0 unspecified atom stereocenters. The van der Waals surface area contributed by atoms with Gasteiger partial charge >= 0.3 is 0 Å². The van der Waals surface area contributed by atoms with E-state index in [0.29, 0.717) is 49.9 Å². The molecule has 2 aliphatic heterocycles. The van der Waals surface area contributed by atoms with Gasteiger partial charge in [-0.1, -0.05) is 0 Å². The van der Waals surface area contributed by atoms with Gasteiger partial charge in [0.25, 0.3) is 0 Å². The standard InChI is InChI=1S/C21H29FN6O3/c1-30-15-11-14-18(17(22)19(15)31-2)25-21(26-20(14)23)28-8-6-27(7-9-28)16(29)10-13-4-3-5-24-12-13/h11,13,24H,3-10,12H2,1-2H3,(H2,23,25,26)/t13-/m0/s1. The molecule has 0 bridgehead atoms. The molecule has 31 heavy (non-hydrogen) atoms. The van der Waals surface area contributed by atoms with Crippen LogP contribution in [0.1, 0.15) is 19.3 Å². The van der Waals surface area contributed by atoms with Crippen molar-refractivity contribution in [2.75, 3.05) is 64.1 Å². The summed E-state index contributed by atoms with van der Waals surface area (Å²) in [6, 6.07) is 1.58. The molecule has 2 aliphatic rings. The molecule has 0 radical (unpaired) electrons. The average Bonchev–Trinajstić information content (AvgIpc) is 2.80. The third-order valence-corrected chi connectivity index (χ3v) is 6.07. The summed E-state index contributed by atoms with van der Waals surface area (Å²) in [7, 11) is 2.80. The van der Waals surface area contributed by atoms with Crippen LogP contribution in [0.5, 0.6) is 11.5 Å². The van der Waals surface area contributed by atoms with Gasteiger partial charge in [0.1, 0.15) is 11.3 Å². The molecule has 0 aliphatic carbocycles. The Morgan fingerprint density at radius 1 is 1.26 bits per heavy atom. The fraction of sp³-hybridized carbons (Fsp3) is 0.571. The number of hydrogen-bond acceptors (Lipinski definition) is 8. The molecule has 4 rings (SSSR count). The number of nitrogens with two attached hydrogens (primary N) is 1. The summed E-state index contributed by atoms with van der Waals surface area (Å²) in [6.45, 7) is 4.24. The first-order valence-electron chi connectivity index (χ1n) is 10.6. The quantitative estimate of drug-likeness (QED) is 0.731. The Labute approximate surface area is 180 Å². The fourth-order valence-corrected chi connectivity index (χ4v) is 4.31. The average molecular weight is 433 g/mol. The van der Waals surface area contributed by atoms with Crippen molar-refractivity contribution in [2.45, 2.75) is 19.3 Å². The van der Waals surface area contributed by atoms with Crippen molar-refractivity contribution in [2.24, 2.45) is 5.92 Å². The zero-order chi connectivity index (χ0) is 22.0. The lowest BCUT2D eigenvalue weighted by Crippen LogP contribution is -2.50. The smallest absolute Gasteiger partial charge is 0.228 e. The Hall–Kier alpha value is -2.88. The molecule has 0 saturated carbocycles. The Bertz CT molecular complexity index is 958. The molecule has 2 fully saturated rings. The minimum atomic E-state index is -0.637. The van der Waals surface area contributed by atoms with Crippen LogP contribution in [0.4, 0.5) is 16.2 Å². The van der Waals surface area contributed by atoms with E-state index in [4.69, 9.17) is 15.2 Å². The number of fused-ring (bicyclic) bond motifs is 1. The van der Waals surface area contributed by atoms with Gasteiger partial charge in [-0.2, -0.15) is 4.98 Å². The molecule has 2 aromatic rings. The number of nitrogens with zero attached hydrogens (tertiary/aromatic N) is 4. The number of methoxy groups -OCH3 is 2. The number of anilines is 2. The summed E-state index contributed by atoms with van der Waals surface area (Å²) < 4.78 is 25.3. The molecule has 1 atom stereocenters. The molecule has 9 nitrogen and oxygen atoms in total. The molecule has 1 aromatic carbocycles. The lowest BCUT2D eigenvalue weighted by Gasteiger charge is -2.36. The van der Waals surface area contributed by atoms with E-state index in [1.165, 1.54) is 14.2 Å². The van der Waals surface area contributed by atoms with Crippen LogP contribution >= 0.6 is 0 Å². The van der Waals surface area contributed by atoms with E-state index >= 15 is 4.39 Å². The highest BCUT2D eigenvalue weighted by molar-refractivity contribution is 5.92. The maximum Gasteiger partial charge on any atom is 0.228 e. The molecule has 0 spiro atoms. The molecular formula is C21H29FN6O3. The maximum absolute atomic E-state index is 15.0. The van der Waals surface area contributed by atoms with Crippen molar-refractivity contribution >= 4 is 28.6 Å². The monoisotopic (exact) mass is 432 g/mol. The van der Waals surface area contributed by atoms with Crippen LogP contribution in [0.25, 0.3) is 10.9 Å². The van der Waals surface area contributed by atoms with Gasteiger partial charge in [-0.25, -0.2) is 9.37 Å². The minimum Gasteiger partial charge on any atom is -0.493 e. The SMILES string of the molecule is COc1cc2c(N)nc(N3CCN(C(=O)C[C@@H]4CCCNC4)CC3)nc2c(F)c1OC. The van der Waals surface area contributed by atoms with E-state index < -0.39 is 5.82 Å². The fourth-order valence-electron chi connectivity index (χ4n) is 4.31. The Kier molecular flexibility index (Phi) is 6.26. The number of halogens is 1. The first-order valence-corrected chi connectivity index (χ1v) is 10.6. The van der Waals surface area contributed by atoms with Crippen molar-refractivity contribution in [3.05, 3.63) is 11.9 Å². The highest BCUT2D eigenvalue weighted by Gasteiger charge is 2.27. The number of aromatic nitrogens is 2. The van der Waals surface area contributed by atoms with E-state index in [-0.39, 0.29) is 28.7 Å². The van der Waals surface area contributed by atoms with Crippen molar-refractivity contribution in [1.82, 2.24) is 20.2 Å². The first kappa shape index (κ1) is 21.4. The Morgan fingerprint density at radius 3 is 2.68 bits per heavy atom. The van der Waals surface area contributed by atoms with Crippen molar-refractivity contribution < 1.29 is 18.7 Å². The second-order valence-corrected chi connectivity index (χ2v) is 8.02. The van der Waals surface area contributed by atoms with Crippen LogP contribution in [-0.4, -0.2) is 74.3 Å². The Morgan fingerprint density at radius 2 is 2.03 bits per heavy atom. The molecule has 2 saturated heterocycles. The van der Waals surface area contributed by atoms with Gasteiger partial charge in [0.2, 0.25) is 11.9 Å². The van der Waals surface area contributed by atoms with Crippen LogP contribution in [-0.2, 0) is 4.79 Å². The minimum absolute atomic E-state index is 0.0216. The van der Waals surface area contributed by atoms with Crippen molar-refractivity contribution in [1.29, 1.82) is 0 Å². The second kappa shape index (κ2) is 9.09. The zero-order valence-corrected chi connectivity index (χ0v) is 18.0. The summed E-state index contributed by atoms with van der Waals surface area (Å²) in [5.41, 5.74) is 6.20. The molecule has 3 heterocycles. The zero-order valence-electron chi connectivity index (χ0n) is 18.0. The Balaban J connectivity index is 1.48. The summed E-state index contributed by atoms with van der Waals surface area (Å²) in [4.78, 5) is 25.3.